The Hall–Kier alpha value is -4.20. The van der Waals surface area contributed by atoms with Crippen molar-refractivity contribution in [1.29, 1.82) is 0 Å². The van der Waals surface area contributed by atoms with E-state index in [1.54, 1.807) is 47.2 Å². The van der Waals surface area contributed by atoms with Crippen molar-refractivity contribution in [1.82, 2.24) is 14.1 Å². The number of rotatable bonds is 9. The van der Waals surface area contributed by atoms with E-state index in [1.165, 1.54) is 12.1 Å². The van der Waals surface area contributed by atoms with Crippen LogP contribution >= 0.6 is 0 Å². The number of carboxylic acid groups (broad SMARTS) is 2. The zero-order valence-corrected chi connectivity index (χ0v) is 18.8. The summed E-state index contributed by atoms with van der Waals surface area (Å²) in [5, 5.41) is 18.2. The molecule has 0 aliphatic heterocycles. The van der Waals surface area contributed by atoms with E-state index in [-0.39, 0.29) is 16.7 Å². The summed E-state index contributed by atoms with van der Waals surface area (Å²) in [6.07, 6.45) is 4.39. The third-order valence-electron chi connectivity index (χ3n) is 5.81. The van der Waals surface area contributed by atoms with Crippen LogP contribution in [-0.2, 0) is 19.5 Å². The van der Waals surface area contributed by atoms with Crippen LogP contribution in [0.25, 0.3) is 11.0 Å². The molecule has 8 heteroatoms. The largest absolute Gasteiger partial charge is 0.478 e. The Morgan fingerprint density at radius 1 is 0.853 bits per heavy atom. The summed E-state index contributed by atoms with van der Waals surface area (Å²) >= 11 is 0. The van der Waals surface area contributed by atoms with Crippen LogP contribution in [0.2, 0.25) is 0 Å². The molecule has 0 unspecified atom stereocenters. The number of nitrogens with zero attached hydrogens (tertiary/aromatic N) is 3. The lowest BCUT2D eigenvalue weighted by atomic mass is 10.1. The predicted octanol–water partition coefficient (Wildman–Crippen LogP) is 4.03. The molecule has 2 aromatic heterocycles. The fourth-order valence-corrected chi connectivity index (χ4v) is 3.92. The van der Waals surface area contributed by atoms with E-state index in [9.17, 15) is 14.4 Å². The first-order valence-corrected chi connectivity index (χ1v) is 11.1. The van der Waals surface area contributed by atoms with Crippen molar-refractivity contribution in [2.45, 2.75) is 39.3 Å². The smallest absolute Gasteiger partial charge is 0.335 e. The maximum Gasteiger partial charge on any atom is 0.335 e. The fourth-order valence-electron chi connectivity index (χ4n) is 3.92. The molecule has 34 heavy (non-hydrogen) atoms. The monoisotopic (exact) mass is 459 g/mol. The Bertz CT molecular complexity index is 1400. The van der Waals surface area contributed by atoms with Crippen molar-refractivity contribution < 1.29 is 19.8 Å². The lowest BCUT2D eigenvalue weighted by Crippen LogP contribution is -2.20. The number of hydrogen-bond donors (Lipinski definition) is 2. The van der Waals surface area contributed by atoms with Gasteiger partial charge in [0, 0.05) is 19.2 Å². The number of carbonyl (C=O) groups is 2. The summed E-state index contributed by atoms with van der Waals surface area (Å²) in [5.74, 6) is -1.14. The van der Waals surface area contributed by atoms with Gasteiger partial charge < -0.3 is 19.3 Å². The van der Waals surface area contributed by atoms with Gasteiger partial charge in [-0.2, -0.15) is 0 Å². The van der Waals surface area contributed by atoms with Gasteiger partial charge in [0.05, 0.1) is 23.2 Å². The lowest BCUT2D eigenvalue weighted by Gasteiger charge is -2.10. The summed E-state index contributed by atoms with van der Waals surface area (Å²) in [5.41, 5.74) is 3.07. The van der Waals surface area contributed by atoms with Crippen LogP contribution in [0, 0.1) is 0 Å². The van der Waals surface area contributed by atoms with Crippen LogP contribution in [0.4, 0.5) is 0 Å². The minimum Gasteiger partial charge on any atom is -0.478 e. The Morgan fingerprint density at radius 2 is 1.41 bits per heavy atom. The van der Waals surface area contributed by atoms with E-state index in [1.807, 2.05) is 10.6 Å². The third-order valence-corrected chi connectivity index (χ3v) is 5.81. The van der Waals surface area contributed by atoms with Crippen molar-refractivity contribution in [3.8, 4) is 0 Å². The molecule has 0 fully saturated rings. The van der Waals surface area contributed by atoms with Crippen LogP contribution in [0.15, 0.2) is 65.6 Å². The number of aromatic nitrogens is 3. The molecular weight excluding hydrogens is 434 g/mol. The van der Waals surface area contributed by atoms with Crippen LogP contribution in [0.1, 0.15) is 57.4 Å². The van der Waals surface area contributed by atoms with Crippen molar-refractivity contribution in [3.05, 3.63) is 99.2 Å². The summed E-state index contributed by atoms with van der Waals surface area (Å²) in [6.45, 7) is 2.89. The molecule has 4 aromatic rings. The first kappa shape index (κ1) is 23.0. The van der Waals surface area contributed by atoms with E-state index in [0.717, 1.165) is 41.7 Å². The van der Waals surface area contributed by atoms with Gasteiger partial charge in [0.15, 0.2) is 5.52 Å². The second-order valence-electron chi connectivity index (χ2n) is 8.20. The number of aromatic carboxylic acids is 2. The van der Waals surface area contributed by atoms with Gasteiger partial charge in [-0.1, -0.05) is 37.6 Å². The van der Waals surface area contributed by atoms with Crippen molar-refractivity contribution in [2.75, 3.05) is 0 Å². The zero-order chi connectivity index (χ0) is 24.2. The Balaban J connectivity index is 1.69. The molecule has 0 aliphatic carbocycles. The first-order chi connectivity index (χ1) is 16.4. The van der Waals surface area contributed by atoms with Gasteiger partial charge in [-0.25, -0.2) is 14.6 Å². The van der Waals surface area contributed by atoms with Crippen molar-refractivity contribution in [2.24, 2.45) is 0 Å². The highest BCUT2D eigenvalue weighted by Gasteiger charge is 2.16. The Labute approximate surface area is 195 Å². The number of hydrogen-bond acceptors (Lipinski definition) is 4. The van der Waals surface area contributed by atoms with Gasteiger partial charge in [0.2, 0.25) is 0 Å². The van der Waals surface area contributed by atoms with Gasteiger partial charge in [-0.05, 0) is 47.9 Å². The lowest BCUT2D eigenvalue weighted by molar-refractivity contribution is 0.0686. The molecule has 2 heterocycles. The molecule has 174 valence electrons. The topological polar surface area (TPSA) is 114 Å². The molecule has 0 saturated carbocycles. The molecule has 0 spiro atoms. The predicted molar refractivity (Wildman–Crippen MR) is 128 cm³/mol. The van der Waals surface area contributed by atoms with Gasteiger partial charge in [-0.3, -0.25) is 4.79 Å². The number of benzene rings is 2. The number of aryl methyl sites for hydroxylation is 1. The summed E-state index contributed by atoms with van der Waals surface area (Å²) in [4.78, 5) is 40.1. The maximum absolute atomic E-state index is 13.2. The van der Waals surface area contributed by atoms with Gasteiger partial charge in [0.25, 0.3) is 5.56 Å². The van der Waals surface area contributed by atoms with Crippen molar-refractivity contribution >= 4 is 23.0 Å². The second kappa shape index (κ2) is 9.74. The molecule has 0 radical (unpaired) electrons. The minimum absolute atomic E-state index is 0.197. The molecule has 0 atom stereocenters. The molecule has 0 aliphatic rings. The van der Waals surface area contributed by atoms with Gasteiger partial charge in [-0.15, -0.1) is 0 Å². The van der Waals surface area contributed by atoms with E-state index in [0.29, 0.717) is 18.6 Å². The highest BCUT2D eigenvalue weighted by atomic mass is 16.4. The number of imidazole rings is 1. The number of pyridine rings is 1. The summed E-state index contributed by atoms with van der Waals surface area (Å²) in [7, 11) is 0. The van der Waals surface area contributed by atoms with Crippen LogP contribution in [-0.4, -0.2) is 36.3 Å². The van der Waals surface area contributed by atoms with E-state index in [2.05, 4.69) is 11.9 Å². The Kier molecular flexibility index (Phi) is 6.58. The van der Waals surface area contributed by atoms with Gasteiger partial charge >= 0.3 is 11.9 Å². The van der Waals surface area contributed by atoms with Crippen LogP contribution in [0.5, 0.6) is 0 Å². The molecule has 2 aromatic carbocycles. The summed E-state index contributed by atoms with van der Waals surface area (Å²) < 4.78 is 3.59. The number of unbranched alkanes of at least 4 members (excludes halogenated alkanes) is 1. The molecular formula is C26H25N3O5. The van der Waals surface area contributed by atoms with Crippen LogP contribution < -0.4 is 5.56 Å². The molecule has 8 nitrogen and oxygen atoms in total. The minimum atomic E-state index is -0.993. The van der Waals surface area contributed by atoms with Crippen molar-refractivity contribution in [3.63, 3.8) is 0 Å². The zero-order valence-electron chi connectivity index (χ0n) is 18.8. The fraction of sp³-hybridized carbons (Fsp3) is 0.231. The Morgan fingerprint density at radius 3 is 1.94 bits per heavy atom. The standard InChI is InChI=1S/C26H25N3O5/c1-2-3-4-22-27-23-21(29(22)16-18-7-11-20(12-8-18)26(33)34)13-14-28(24(23)30)15-17-5-9-19(10-6-17)25(31)32/h5-14H,2-4,15-16H2,1H3,(H,31,32)(H,33,34). The molecule has 4 rings (SSSR count). The molecule has 0 saturated heterocycles. The molecule has 2 N–H and O–H groups in total. The average molecular weight is 460 g/mol. The average Bonchev–Trinajstić information content (AvgIpc) is 3.18. The molecule has 0 amide bonds. The highest BCUT2D eigenvalue weighted by Crippen LogP contribution is 2.18. The summed E-state index contributed by atoms with van der Waals surface area (Å²) in [6, 6.07) is 15.0. The van der Waals surface area contributed by atoms with Crippen LogP contribution in [0.3, 0.4) is 0 Å². The van der Waals surface area contributed by atoms with E-state index in [4.69, 9.17) is 10.2 Å². The van der Waals surface area contributed by atoms with E-state index < -0.39 is 11.9 Å². The second-order valence-corrected chi connectivity index (χ2v) is 8.20. The number of carboxylic acids is 2. The van der Waals surface area contributed by atoms with Gasteiger partial charge in [0.1, 0.15) is 5.82 Å². The third kappa shape index (κ3) is 4.76. The molecule has 0 bridgehead atoms. The quantitative estimate of drug-likeness (QED) is 0.391. The SMILES string of the molecule is CCCCc1nc2c(=O)n(Cc3ccc(C(=O)O)cc3)ccc2n1Cc1ccc(C(=O)O)cc1. The number of fused-ring (bicyclic) bond motifs is 1. The highest BCUT2D eigenvalue weighted by molar-refractivity contribution is 5.88. The first-order valence-electron chi connectivity index (χ1n) is 11.1. The van der Waals surface area contributed by atoms with E-state index >= 15 is 0 Å². The normalized spacial score (nSPS) is 11.1. The maximum atomic E-state index is 13.2.